The summed E-state index contributed by atoms with van der Waals surface area (Å²) in [6.45, 7) is 4.57. The van der Waals surface area contributed by atoms with E-state index in [0.29, 0.717) is 43.2 Å². The van der Waals surface area contributed by atoms with E-state index in [1.807, 2.05) is 6.92 Å². The fourth-order valence-electron chi connectivity index (χ4n) is 4.53. The number of piperidine rings is 1. The van der Waals surface area contributed by atoms with Gasteiger partial charge in [-0.05, 0) is 62.6 Å². The molecule has 1 saturated heterocycles. The van der Waals surface area contributed by atoms with Crippen LogP contribution in [0.4, 0.5) is 5.69 Å². The first-order chi connectivity index (χ1) is 16.8. The number of methoxy groups -OCH3 is 1. The van der Waals surface area contributed by atoms with Gasteiger partial charge in [0.2, 0.25) is 22.0 Å². The molecule has 1 fully saturated rings. The Morgan fingerprint density at radius 2 is 1.91 bits per heavy atom. The van der Waals surface area contributed by atoms with Crippen LogP contribution in [0.5, 0.6) is 11.5 Å². The molecule has 0 unspecified atom stereocenters. The first-order valence-electron chi connectivity index (χ1n) is 11.6. The van der Waals surface area contributed by atoms with E-state index in [0.717, 1.165) is 5.56 Å². The van der Waals surface area contributed by atoms with Gasteiger partial charge < -0.3 is 19.1 Å². The molecule has 0 saturated carbocycles. The zero-order valence-electron chi connectivity index (χ0n) is 20.1. The SMILES string of the molecule is CCOc1ccc(S(=O)(=O)N2CCC[C@@H](C(=O)N3C[C@H](C(=O)OC)Oc4ccccc43)C2)cc1C. The van der Waals surface area contributed by atoms with Crippen molar-refractivity contribution in [3.63, 3.8) is 0 Å². The molecule has 2 aliphatic heterocycles. The van der Waals surface area contributed by atoms with Crippen LogP contribution in [0, 0.1) is 12.8 Å². The Bertz CT molecular complexity index is 1210. The Morgan fingerprint density at radius 1 is 1.14 bits per heavy atom. The topological polar surface area (TPSA) is 102 Å². The number of carbonyl (C=O) groups is 2. The number of nitrogens with zero attached hydrogens (tertiary/aromatic N) is 2. The molecule has 2 aromatic carbocycles. The number of amides is 1. The minimum atomic E-state index is -3.79. The van der Waals surface area contributed by atoms with Crippen LogP contribution in [0.25, 0.3) is 0 Å². The van der Waals surface area contributed by atoms with Crippen LogP contribution in [0.3, 0.4) is 0 Å². The summed E-state index contributed by atoms with van der Waals surface area (Å²) in [6.07, 6.45) is 0.155. The second-order valence-corrected chi connectivity index (χ2v) is 10.5. The molecular weight excluding hydrogens is 472 g/mol. The fraction of sp³-hybridized carbons (Fsp3) is 0.440. The van der Waals surface area contributed by atoms with Crippen LogP contribution in [0.15, 0.2) is 47.4 Å². The van der Waals surface area contributed by atoms with Gasteiger partial charge in [-0.25, -0.2) is 13.2 Å². The van der Waals surface area contributed by atoms with Crippen LogP contribution in [0.2, 0.25) is 0 Å². The second kappa shape index (κ2) is 10.2. The molecule has 9 nitrogen and oxygen atoms in total. The van der Waals surface area contributed by atoms with Gasteiger partial charge in [0.15, 0.2) is 0 Å². The molecule has 2 aliphatic rings. The Hall–Kier alpha value is -3.11. The van der Waals surface area contributed by atoms with E-state index in [4.69, 9.17) is 14.2 Å². The maximum atomic E-state index is 13.6. The van der Waals surface area contributed by atoms with Crippen molar-refractivity contribution >= 4 is 27.6 Å². The predicted octanol–water partition coefficient (Wildman–Crippen LogP) is 2.76. The van der Waals surface area contributed by atoms with Gasteiger partial charge in [-0.15, -0.1) is 0 Å². The molecule has 0 N–H and O–H groups in total. The quantitative estimate of drug-likeness (QED) is 0.560. The van der Waals surface area contributed by atoms with Crippen LogP contribution in [0.1, 0.15) is 25.3 Å². The van der Waals surface area contributed by atoms with E-state index >= 15 is 0 Å². The number of sulfonamides is 1. The highest BCUT2D eigenvalue weighted by Gasteiger charge is 2.40. The smallest absolute Gasteiger partial charge is 0.348 e. The third-order valence-corrected chi connectivity index (χ3v) is 8.18. The summed E-state index contributed by atoms with van der Waals surface area (Å²) in [5.41, 5.74) is 1.29. The highest BCUT2D eigenvalue weighted by Crippen LogP contribution is 2.36. The number of benzene rings is 2. The minimum Gasteiger partial charge on any atom is -0.494 e. The largest absolute Gasteiger partial charge is 0.494 e. The number of rotatable bonds is 6. The molecule has 35 heavy (non-hydrogen) atoms. The number of fused-ring (bicyclic) bond motifs is 1. The molecule has 2 atom stereocenters. The Morgan fingerprint density at radius 3 is 2.63 bits per heavy atom. The third-order valence-electron chi connectivity index (χ3n) is 6.32. The lowest BCUT2D eigenvalue weighted by molar-refractivity contribution is -0.148. The summed E-state index contributed by atoms with van der Waals surface area (Å²) >= 11 is 0. The monoisotopic (exact) mass is 502 g/mol. The molecule has 0 bridgehead atoms. The van der Waals surface area contributed by atoms with Gasteiger partial charge in [0.25, 0.3) is 0 Å². The minimum absolute atomic E-state index is 0.00382. The summed E-state index contributed by atoms with van der Waals surface area (Å²) in [6, 6.07) is 11.8. The van der Waals surface area contributed by atoms with Crippen LogP contribution in [-0.4, -0.2) is 64.1 Å². The van der Waals surface area contributed by atoms with Crippen molar-refractivity contribution in [1.29, 1.82) is 0 Å². The number of anilines is 1. The van der Waals surface area contributed by atoms with Gasteiger partial charge in [-0.2, -0.15) is 4.31 Å². The molecule has 0 spiro atoms. The summed E-state index contributed by atoms with van der Waals surface area (Å²) in [4.78, 5) is 27.5. The molecule has 0 radical (unpaired) electrons. The number of hydrogen-bond acceptors (Lipinski definition) is 7. The lowest BCUT2D eigenvalue weighted by Gasteiger charge is -2.38. The van der Waals surface area contributed by atoms with Gasteiger partial charge in [-0.3, -0.25) is 4.79 Å². The summed E-state index contributed by atoms with van der Waals surface area (Å²) < 4.78 is 44.3. The molecule has 2 heterocycles. The van der Waals surface area contributed by atoms with Gasteiger partial charge in [0, 0.05) is 13.1 Å². The van der Waals surface area contributed by atoms with Crippen LogP contribution < -0.4 is 14.4 Å². The normalized spacial score (nSPS) is 20.5. The van der Waals surface area contributed by atoms with Crippen LogP contribution >= 0.6 is 0 Å². The van der Waals surface area contributed by atoms with Crippen molar-refractivity contribution in [3.8, 4) is 11.5 Å². The molecular formula is C25H30N2O7S. The van der Waals surface area contributed by atoms with E-state index in [1.54, 1.807) is 43.3 Å². The number of carbonyl (C=O) groups excluding carboxylic acids is 2. The molecule has 188 valence electrons. The molecule has 0 aliphatic carbocycles. The number of para-hydroxylation sites is 2. The summed E-state index contributed by atoms with van der Waals surface area (Å²) in [5, 5.41) is 0. The summed E-state index contributed by atoms with van der Waals surface area (Å²) in [7, 11) is -2.53. The lowest BCUT2D eigenvalue weighted by atomic mass is 9.97. The third kappa shape index (κ3) is 4.99. The number of hydrogen-bond donors (Lipinski definition) is 0. The Labute approximate surface area is 205 Å². The van der Waals surface area contributed by atoms with Gasteiger partial charge in [0.05, 0.1) is 36.8 Å². The Balaban J connectivity index is 1.56. The standard InChI is InChI=1S/C25H30N2O7S/c1-4-33-21-12-11-19(14-17(21)2)35(30,31)26-13-7-8-18(15-26)24(28)27-16-23(25(29)32-3)34-22-10-6-5-9-20(22)27/h5-6,9-12,14,18,23H,4,7-8,13,15-16H2,1-3H3/t18-,23-/m1/s1. The first kappa shape index (κ1) is 25.0. The number of esters is 1. The first-order valence-corrected chi connectivity index (χ1v) is 13.1. The molecule has 2 aromatic rings. The van der Waals surface area contributed by atoms with Crippen LogP contribution in [-0.2, 0) is 24.3 Å². The molecule has 1 amide bonds. The highest BCUT2D eigenvalue weighted by atomic mass is 32.2. The van der Waals surface area contributed by atoms with Gasteiger partial charge in [0.1, 0.15) is 11.5 Å². The maximum Gasteiger partial charge on any atom is 0.348 e. The number of aryl methyl sites for hydroxylation is 1. The van der Waals surface area contributed by atoms with Crippen molar-refractivity contribution in [3.05, 3.63) is 48.0 Å². The average Bonchev–Trinajstić information content (AvgIpc) is 2.88. The van der Waals surface area contributed by atoms with Crippen molar-refractivity contribution in [2.45, 2.75) is 37.7 Å². The average molecular weight is 503 g/mol. The maximum absolute atomic E-state index is 13.6. The van der Waals surface area contributed by atoms with Crippen molar-refractivity contribution in [2.75, 3.05) is 38.3 Å². The molecule has 0 aromatic heterocycles. The van der Waals surface area contributed by atoms with E-state index in [9.17, 15) is 18.0 Å². The lowest BCUT2D eigenvalue weighted by Crippen LogP contribution is -2.52. The van der Waals surface area contributed by atoms with E-state index in [1.165, 1.54) is 22.4 Å². The van der Waals surface area contributed by atoms with Gasteiger partial charge >= 0.3 is 5.97 Å². The Kier molecular flexibility index (Phi) is 7.32. The number of ether oxygens (including phenoxy) is 3. The molecule has 4 rings (SSSR count). The van der Waals surface area contributed by atoms with Crippen molar-refractivity contribution in [2.24, 2.45) is 5.92 Å². The molecule has 10 heteroatoms. The fourth-order valence-corrected chi connectivity index (χ4v) is 6.14. The second-order valence-electron chi connectivity index (χ2n) is 8.61. The summed E-state index contributed by atoms with van der Waals surface area (Å²) in [5.74, 6) is -0.308. The van der Waals surface area contributed by atoms with Gasteiger partial charge in [-0.1, -0.05) is 12.1 Å². The highest BCUT2D eigenvalue weighted by molar-refractivity contribution is 7.89. The predicted molar refractivity (Wildman–Crippen MR) is 129 cm³/mol. The zero-order chi connectivity index (χ0) is 25.2. The van der Waals surface area contributed by atoms with E-state index in [2.05, 4.69) is 0 Å². The van der Waals surface area contributed by atoms with E-state index in [-0.39, 0.29) is 23.9 Å². The van der Waals surface area contributed by atoms with Crippen molar-refractivity contribution < 1.29 is 32.2 Å². The zero-order valence-corrected chi connectivity index (χ0v) is 20.9. The van der Waals surface area contributed by atoms with E-state index < -0.39 is 28.0 Å². The van der Waals surface area contributed by atoms with Crippen molar-refractivity contribution in [1.82, 2.24) is 4.31 Å².